The molecule has 0 saturated carbocycles. The van der Waals surface area contributed by atoms with Crippen molar-refractivity contribution in [1.29, 1.82) is 0 Å². The van der Waals surface area contributed by atoms with Gasteiger partial charge in [-0.05, 0) is 49.4 Å². The van der Waals surface area contributed by atoms with Gasteiger partial charge in [0.2, 0.25) is 0 Å². The highest BCUT2D eigenvalue weighted by atomic mass is 15.1. The van der Waals surface area contributed by atoms with Crippen LogP contribution < -0.4 is 0 Å². The van der Waals surface area contributed by atoms with E-state index in [1.807, 2.05) is 0 Å². The number of rotatable bonds is 2. The van der Waals surface area contributed by atoms with Crippen LogP contribution in [-0.4, -0.2) is 24.5 Å². The summed E-state index contributed by atoms with van der Waals surface area (Å²) < 4.78 is 0. The molecule has 1 heteroatoms. The predicted molar refractivity (Wildman–Crippen MR) is 73.0 cm³/mol. The highest BCUT2D eigenvalue weighted by Gasteiger charge is 2.18. The molecule has 1 aromatic carbocycles. The van der Waals surface area contributed by atoms with Crippen molar-refractivity contribution in [3.8, 4) is 0 Å². The van der Waals surface area contributed by atoms with E-state index in [9.17, 15) is 0 Å². The van der Waals surface area contributed by atoms with Gasteiger partial charge in [0.25, 0.3) is 0 Å². The van der Waals surface area contributed by atoms with Gasteiger partial charge >= 0.3 is 0 Å². The Balaban J connectivity index is 1.62. The SMILES string of the molecule is CC1CCN(CC2=Cc3ccccc3C2)CC1. The first-order chi connectivity index (χ1) is 8.31. The lowest BCUT2D eigenvalue weighted by atomic mass is 9.99. The van der Waals surface area contributed by atoms with E-state index in [0.717, 1.165) is 5.92 Å². The molecule has 0 radical (unpaired) electrons. The van der Waals surface area contributed by atoms with Crippen LogP contribution in [0.1, 0.15) is 30.9 Å². The van der Waals surface area contributed by atoms with Crippen molar-refractivity contribution < 1.29 is 0 Å². The van der Waals surface area contributed by atoms with E-state index >= 15 is 0 Å². The van der Waals surface area contributed by atoms with Crippen molar-refractivity contribution in [3.05, 3.63) is 41.0 Å². The summed E-state index contributed by atoms with van der Waals surface area (Å²) >= 11 is 0. The summed E-state index contributed by atoms with van der Waals surface area (Å²) in [6.07, 6.45) is 6.32. The van der Waals surface area contributed by atoms with Crippen LogP contribution in [0.5, 0.6) is 0 Å². The van der Waals surface area contributed by atoms with Gasteiger partial charge in [-0.2, -0.15) is 0 Å². The zero-order chi connectivity index (χ0) is 11.7. The minimum atomic E-state index is 0.931. The first kappa shape index (κ1) is 11.0. The molecule has 0 aromatic heterocycles. The summed E-state index contributed by atoms with van der Waals surface area (Å²) in [5, 5.41) is 0. The van der Waals surface area contributed by atoms with Crippen molar-refractivity contribution in [2.45, 2.75) is 26.2 Å². The van der Waals surface area contributed by atoms with Crippen LogP contribution in [0.25, 0.3) is 6.08 Å². The van der Waals surface area contributed by atoms with Crippen LogP contribution in [0.2, 0.25) is 0 Å². The second-order valence-electron chi connectivity index (χ2n) is 5.64. The van der Waals surface area contributed by atoms with E-state index in [2.05, 4.69) is 42.2 Å². The molecule has 1 aliphatic heterocycles. The Labute approximate surface area is 104 Å². The third kappa shape index (κ3) is 2.44. The van der Waals surface area contributed by atoms with Gasteiger partial charge in [0, 0.05) is 6.54 Å². The number of fused-ring (bicyclic) bond motifs is 1. The molecule has 1 heterocycles. The van der Waals surface area contributed by atoms with Crippen molar-refractivity contribution in [2.75, 3.05) is 19.6 Å². The molecule has 3 rings (SSSR count). The second kappa shape index (κ2) is 4.66. The summed E-state index contributed by atoms with van der Waals surface area (Å²) in [7, 11) is 0. The molecule has 1 saturated heterocycles. The normalized spacial score (nSPS) is 21.4. The van der Waals surface area contributed by atoms with Crippen molar-refractivity contribution in [3.63, 3.8) is 0 Å². The van der Waals surface area contributed by atoms with Gasteiger partial charge in [0.15, 0.2) is 0 Å². The van der Waals surface area contributed by atoms with Crippen LogP contribution in [0, 0.1) is 5.92 Å². The maximum Gasteiger partial charge on any atom is 0.0199 e. The average Bonchev–Trinajstić information content (AvgIpc) is 2.74. The molecule has 0 atom stereocenters. The molecule has 17 heavy (non-hydrogen) atoms. The topological polar surface area (TPSA) is 3.24 Å². The van der Waals surface area contributed by atoms with Crippen LogP contribution in [0.3, 0.4) is 0 Å². The standard InChI is InChI=1S/C16H21N/c1-13-6-8-17(9-7-13)12-14-10-15-4-2-3-5-16(15)11-14/h2-5,10,13H,6-9,11-12H2,1H3. The summed E-state index contributed by atoms with van der Waals surface area (Å²) in [4.78, 5) is 2.62. The minimum Gasteiger partial charge on any atom is -0.299 e. The predicted octanol–water partition coefficient (Wildman–Crippen LogP) is 3.36. The molecule has 0 bridgehead atoms. The van der Waals surface area contributed by atoms with Gasteiger partial charge in [-0.15, -0.1) is 0 Å². The lowest BCUT2D eigenvalue weighted by Gasteiger charge is -2.30. The van der Waals surface area contributed by atoms with Crippen LogP contribution in [0.4, 0.5) is 0 Å². The number of hydrogen-bond acceptors (Lipinski definition) is 1. The number of benzene rings is 1. The third-order valence-electron chi connectivity index (χ3n) is 4.14. The molecule has 0 amide bonds. The molecular formula is C16H21N. The molecule has 0 spiro atoms. The summed E-state index contributed by atoms with van der Waals surface area (Å²) in [6, 6.07) is 8.79. The Morgan fingerprint density at radius 1 is 1.18 bits per heavy atom. The van der Waals surface area contributed by atoms with Crippen LogP contribution in [0.15, 0.2) is 29.8 Å². The second-order valence-corrected chi connectivity index (χ2v) is 5.64. The van der Waals surface area contributed by atoms with Crippen molar-refractivity contribution in [2.24, 2.45) is 5.92 Å². The minimum absolute atomic E-state index is 0.931. The fourth-order valence-electron chi connectivity index (χ4n) is 2.96. The molecule has 1 aliphatic carbocycles. The molecule has 1 fully saturated rings. The van der Waals surface area contributed by atoms with E-state index in [1.165, 1.54) is 50.0 Å². The Morgan fingerprint density at radius 2 is 1.94 bits per heavy atom. The van der Waals surface area contributed by atoms with Gasteiger partial charge in [-0.1, -0.05) is 42.8 Å². The fraction of sp³-hybridized carbons (Fsp3) is 0.500. The Morgan fingerprint density at radius 3 is 2.71 bits per heavy atom. The number of likely N-dealkylation sites (tertiary alicyclic amines) is 1. The number of hydrogen-bond donors (Lipinski definition) is 0. The Bertz CT molecular complexity index is 425. The van der Waals surface area contributed by atoms with Crippen LogP contribution in [-0.2, 0) is 6.42 Å². The summed E-state index contributed by atoms with van der Waals surface area (Å²) in [5.41, 5.74) is 4.54. The van der Waals surface area contributed by atoms with E-state index < -0.39 is 0 Å². The maximum atomic E-state index is 2.62. The molecule has 2 aliphatic rings. The van der Waals surface area contributed by atoms with E-state index in [4.69, 9.17) is 0 Å². The molecular weight excluding hydrogens is 206 g/mol. The van der Waals surface area contributed by atoms with Gasteiger partial charge in [-0.3, -0.25) is 4.90 Å². The quantitative estimate of drug-likeness (QED) is 0.749. The first-order valence-corrected chi connectivity index (χ1v) is 6.81. The lowest BCUT2D eigenvalue weighted by molar-refractivity contribution is 0.206. The Hall–Kier alpha value is -1.08. The van der Waals surface area contributed by atoms with E-state index in [0.29, 0.717) is 0 Å². The summed E-state index contributed by atoms with van der Waals surface area (Å²) in [5.74, 6) is 0.931. The molecule has 1 nitrogen and oxygen atoms in total. The number of piperidine rings is 1. The first-order valence-electron chi connectivity index (χ1n) is 6.81. The highest BCUT2D eigenvalue weighted by molar-refractivity contribution is 5.63. The van der Waals surface area contributed by atoms with E-state index in [1.54, 1.807) is 5.57 Å². The van der Waals surface area contributed by atoms with Gasteiger partial charge in [-0.25, -0.2) is 0 Å². The Kier molecular flexibility index (Phi) is 3.02. The maximum absolute atomic E-state index is 2.62. The van der Waals surface area contributed by atoms with E-state index in [-0.39, 0.29) is 0 Å². The lowest BCUT2D eigenvalue weighted by Crippen LogP contribution is -2.34. The highest BCUT2D eigenvalue weighted by Crippen LogP contribution is 2.26. The largest absolute Gasteiger partial charge is 0.299 e. The van der Waals surface area contributed by atoms with Crippen molar-refractivity contribution in [1.82, 2.24) is 4.90 Å². The third-order valence-corrected chi connectivity index (χ3v) is 4.14. The van der Waals surface area contributed by atoms with Gasteiger partial charge in [0.05, 0.1) is 0 Å². The average molecular weight is 227 g/mol. The van der Waals surface area contributed by atoms with Crippen molar-refractivity contribution >= 4 is 6.08 Å². The van der Waals surface area contributed by atoms with Crippen LogP contribution >= 0.6 is 0 Å². The summed E-state index contributed by atoms with van der Waals surface area (Å²) in [6.45, 7) is 6.13. The smallest absolute Gasteiger partial charge is 0.0199 e. The molecule has 0 N–H and O–H groups in total. The number of nitrogens with zero attached hydrogens (tertiary/aromatic N) is 1. The fourth-order valence-corrected chi connectivity index (χ4v) is 2.96. The molecule has 0 unspecified atom stereocenters. The van der Waals surface area contributed by atoms with Gasteiger partial charge in [0.1, 0.15) is 0 Å². The zero-order valence-electron chi connectivity index (χ0n) is 10.7. The van der Waals surface area contributed by atoms with Gasteiger partial charge < -0.3 is 0 Å². The molecule has 90 valence electrons. The zero-order valence-corrected chi connectivity index (χ0v) is 10.7. The monoisotopic (exact) mass is 227 g/mol. The molecule has 1 aromatic rings.